The fourth-order valence-electron chi connectivity index (χ4n) is 2.77. The minimum absolute atomic E-state index is 0.0711. The molecule has 3 aromatic rings. The summed E-state index contributed by atoms with van der Waals surface area (Å²) in [5.41, 5.74) is 4.34. The number of sulfonamides is 1. The van der Waals surface area contributed by atoms with Gasteiger partial charge >= 0.3 is 0 Å². The predicted octanol–water partition coefficient (Wildman–Crippen LogP) is 3.63. The molecule has 0 saturated carbocycles. The number of primary sulfonamides is 1. The van der Waals surface area contributed by atoms with E-state index >= 15 is 0 Å². The van der Waals surface area contributed by atoms with Gasteiger partial charge in [-0.05, 0) is 68.4 Å². The lowest BCUT2D eigenvalue weighted by Gasteiger charge is -2.10. The molecule has 0 atom stereocenters. The predicted molar refractivity (Wildman–Crippen MR) is 100 cm³/mol. The Morgan fingerprint density at radius 3 is 2.23 bits per heavy atom. The number of aliphatic imine (C=N–C) groups is 1. The number of hydrogen-bond donors (Lipinski definition) is 1. The van der Waals surface area contributed by atoms with E-state index in [-0.39, 0.29) is 10.7 Å². The third-order valence-electron chi connectivity index (χ3n) is 4.07. The minimum Gasteiger partial charge on any atom is -0.318 e. The van der Waals surface area contributed by atoms with Gasteiger partial charge in [-0.15, -0.1) is 0 Å². The van der Waals surface area contributed by atoms with Crippen molar-refractivity contribution < 1.29 is 12.8 Å². The second kappa shape index (κ2) is 6.86. The first-order valence-electron chi connectivity index (χ1n) is 7.87. The van der Waals surface area contributed by atoms with E-state index in [1.165, 1.54) is 24.3 Å². The molecule has 3 rings (SSSR count). The van der Waals surface area contributed by atoms with Crippen LogP contribution in [0.3, 0.4) is 0 Å². The first-order chi connectivity index (χ1) is 12.3. The van der Waals surface area contributed by atoms with E-state index in [1.807, 2.05) is 24.5 Å². The van der Waals surface area contributed by atoms with Crippen LogP contribution in [0.25, 0.3) is 5.69 Å². The molecule has 26 heavy (non-hydrogen) atoms. The van der Waals surface area contributed by atoms with Gasteiger partial charge in [0, 0.05) is 28.9 Å². The first-order valence-corrected chi connectivity index (χ1v) is 9.42. The number of nitrogens with zero attached hydrogens (tertiary/aromatic N) is 2. The molecule has 0 bridgehead atoms. The van der Waals surface area contributed by atoms with Crippen LogP contribution in [0.1, 0.15) is 17.0 Å². The average Bonchev–Trinajstić information content (AvgIpc) is 2.87. The van der Waals surface area contributed by atoms with Gasteiger partial charge in [0.05, 0.1) is 10.6 Å². The fourth-order valence-corrected chi connectivity index (χ4v) is 3.29. The third-order valence-corrected chi connectivity index (χ3v) is 5.00. The Bertz CT molecular complexity index is 1070. The van der Waals surface area contributed by atoms with E-state index in [9.17, 15) is 12.8 Å². The first kappa shape index (κ1) is 18.0. The molecule has 1 aromatic heterocycles. The van der Waals surface area contributed by atoms with E-state index in [0.717, 1.165) is 22.6 Å². The topological polar surface area (TPSA) is 77.5 Å². The van der Waals surface area contributed by atoms with Crippen LogP contribution in [0.2, 0.25) is 0 Å². The molecule has 0 saturated heterocycles. The van der Waals surface area contributed by atoms with Crippen molar-refractivity contribution in [3.63, 3.8) is 0 Å². The molecule has 0 unspecified atom stereocenters. The van der Waals surface area contributed by atoms with Crippen molar-refractivity contribution in [3.8, 4) is 5.69 Å². The highest BCUT2D eigenvalue weighted by molar-refractivity contribution is 7.89. The van der Waals surface area contributed by atoms with E-state index in [0.29, 0.717) is 5.69 Å². The number of aromatic nitrogens is 1. The second-order valence-corrected chi connectivity index (χ2v) is 7.50. The van der Waals surface area contributed by atoms with Crippen LogP contribution in [0, 0.1) is 19.7 Å². The van der Waals surface area contributed by atoms with Crippen LogP contribution in [0.4, 0.5) is 10.1 Å². The summed E-state index contributed by atoms with van der Waals surface area (Å²) in [6, 6.07) is 14.3. The van der Waals surface area contributed by atoms with Crippen LogP contribution in [-0.4, -0.2) is 19.2 Å². The van der Waals surface area contributed by atoms with E-state index in [2.05, 4.69) is 4.99 Å². The summed E-state index contributed by atoms with van der Waals surface area (Å²) in [5.74, 6) is -0.301. The van der Waals surface area contributed by atoms with Crippen molar-refractivity contribution in [2.24, 2.45) is 10.1 Å². The molecule has 0 aliphatic heterocycles. The van der Waals surface area contributed by atoms with Crippen LogP contribution < -0.4 is 5.14 Å². The van der Waals surface area contributed by atoms with Gasteiger partial charge in [0.15, 0.2) is 0 Å². The molecule has 134 valence electrons. The van der Waals surface area contributed by atoms with Crippen LogP contribution in [-0.2, 0) is 10.0 Å². The standard InChI is InChI=1S/C19H18FN3O2S/c1-13-11-15(12-22-17-5-3-16(20)4-6-17)14(2)23(13)18-7-9-19(10-8-18)26(21,24)25/h3-12H,1-2H3,(H2,21,24,25). The normalized spacial score (nSPS) is 12.0. The van der Waals surface area contributed by atoms with Gasteiger partial charge < -0.3 is 4.57 Å². The zero-order chi connectivity index (χ0) is 18.9. The number of aryl methyl sites for hydroxylation is 1. The molecular formula is C19H18FN3O2S. The highest BCUT2D eigenvalue weighted by Gasteiger charge is 2.11. The quantitative estimate of drug-likeness (QED) is 0.711. The number of rotatable bonds is 4. The zero-order valence-electron chi connectivity index (χ0n) is 14.3. The largest absolute Gasteiger partial charge is 0.318 e. The van der Waals surface area contributed by atoms with Crippen molar-refractivity contribution in [1.29, 1.82) is 0 Å². The third kappa shape index (κ3) is 3.74. The summed E-state index contributed by atoms with van der Waals surface area (Å²) in [5, 5.41) is 5.14. The van der Waals surface area contributed by atoms with Gasteiger partial charge in [0.25, 0.3) is 0 Å². The van der Waals surface area contributed by atoms with Crippen molar-refractivity contribution >= 4 is 21.9 Å². The Morgan fingerprint density at radius 1 is 1.04 bits per heavy atom. The highest BCUT2D eigenvalue weighted by Crippen LogP contribution is 2.22. The summed E-state index contributed by atoms with van der Waals surface area (Å²) in [6.45, 7) is 3.91. The summed E-state index contributed by atoms with van der Waals surface area (Å²) < 4.78 is 37.7. The Balaban J connectivity index is 1.94. The average molecular weight is 371 g/mol. The number of halogens is 1. The SMILES string of the molecule is Cc1cc(C=Nc2ccc(F)cc2)c(C)n1-c1ccc(S(N)(=O)=O)cc1. The number of hydrogen-bond acceptors (Lipinski definition) is 3. The second-order valence-electron chi connectivity index (χ2n) is 5.94. The molecule has 0 aliphatic rings. The van der Waals surface area contributed by atoms with E-state index in [1.54, 1.807) is 30.5 Å². The zero-order valence-corrected chi connectivity index (χ0v) is 15.2. The molecule has 2 N–H and O–H groups in total. The van der Waals surface area contributed by atoms with Crippen molar-refractivity contribution in [2.45, 2.75) is 18.7 Å². The Kier molecular flexibility index (Phi) is 4.76. The maximum Gasteiger partial charge on any atom is 0.238 e. The van der Waals surface area contributed by atoms with Crippen LogP contribution in [0.15, 0.2) is 64.5 Å². The maximum atomic E-state index is 13.0. The van der Waals surface area contributed by atoms with Crippen molar-refractivity contribution in [2.75, 3.05) is 0 Å². The minimum atomic E-state index is -3.72. The number of benzene rings is 2. The van der Waals surface area contributed by atoms with Crippen molar-refractivity contribution in [3.05, 3.63) is 77.4 Å². The smallest absolute Gasteiger partial charge is 0.238 e. The van der Waals surface area contributed by atoms with Gasteiger partial charge in [-0.3, -0.25) is 4.99 Å². The molecule has 0 spiro atoms. The molecule has 2 aromatic carbocycles. The lowest BCUT2D eigenvalue weighted by atomic mass is 10.2. The maximum absolute atomic E-state index is 13.0. The molecular weight excluding hydrogens is 353 g/mol. The molecule has 0 fully saturated rings. The highest BCUT2D eigenvalue weighted by atomic mass is 32.2. The summed E-state index contributed by atoms with van der Waals surface area (Å²) in [7, 11) is -3.72. The lowest BCUT2D eigenvalue weighted by Crippen LogP contribution is -2.12. The molecule has 0 aliphatic carbocycles. The lowest BCUT2D eigenvalue weighted by molar-refractivity contribution is 0.598. The summed E-state index contributed by atoms with van der Waals surface area (Å²) in [6.07, 6.45) is 1.73. The monoisotopic (exact) mass is 371 g/mol. The molecule has 1 heterocycles. The molecule has 5 nitrogen and oxygen atoms in total. The van der Waals surface area contributed by atoms with Gasteiger partial charge in [-0.25, -0.2) is 17.9 Å². The molecule has 0 radical (unpaired) electrons. The fraction of sp³-hybridized carbons (Fsp3) is 0.105. The van der Waals surface area contributed by atoms with Gasteiger partial charge in [-0.2, -0.15) is 0 Å². The van der Waals surface area contributed by atoms with Crippen LogP contribution in [0.5, 0.6) is 0 Å². The van der Waals surface area contributed by atoms with Gasteiger partial charge in [-0.1, -0.05) is 0 Å². The molecule has 0 amide bonds. The Labute approximate surface area is 151 Å². The van der Waals surface area contributed by atoms with Gasteiger partial charge in [0.1, 0.15) is 5.82 Å². The number of nitrogens with two attached hydrogens (primary N) is 1. The van der Waals surface area contributed by atoms with Crippen molar-refractivity contribution in [1.82, 2.24) is 4.57 Å². The van der Waals surface area contributed by atoms with E-state index < -0.39 is 10.0 Å². The van der Waals surface area contributed by atoms with Crippen LogP contribution >= 0.6 is 0 Å². The van der Waals surface area contributed by atoms with E-state index in [4.69, 9.17) is 5.14 Å². The summed E-state index contributed by atoms with van der Waals surface area (Å²) in [4.78, 5) is 4.44. The Hall–Kier alpha value is -2.77. The summed E-state index contributed by atoms with van der Waals surface area (Å²) >= 11 is 0. The Morgan fingerprint density at radius 2 is 1.65 bits per heavy atom. The molecule has 7 heteroatoms. The van der Waals surface area contributed by atoms with Gasteiger partial charge in [0.2, 0.25) is 10.0 Å².